The second-order valence-electron chi connectivity index (χ2n) is 3.49. The molecular weight excluding hydrogens is 212 g/mol. The number of hydrogen-bond donors (Lipinski definition) is 1. The fraction of sp³-hybridized carbons (Fsp3) is 0.333. The summed E-state index contributed by atoms with van der Waals surface area (Å²) in [5, 5.41) is 6.39. The molecule has 2 rings (SSSR count). The molecule has 0 saturated carbocycles. The van der Waals surface area contributed by atoms with Gasteiger partial charge in [0.2, 0.25) is 11.8 Å². The Morgan fingerprint density at radius 3 is 2.81 bits per heavy atom. The third kappa shape index (κ3) is 1.46. The van der Waals surface area contributed by atoms with Crippen molar-refractivity contribution in [3.63, 3.8) is 0 Å². The second kappa shape index (κ2) is 3.44. The van der Waals surface area contributed by atoms with Gasteiger partial charge in [0.25, 0.3) is 5.91 Å². The summed E-state index contributed by atoms with van der Waals surface area (Å²) in [7, 11) is 1.61. The van der Waals surface area contributed by atoms with Crippen molar-refractivity contribution >= 4 is 23.5 Å². The van der Waals surface area contributed by atoms with Crippen LogP contribution in [0.5, 0.6) is 0 Å². The van der Waals surface area contributed by atoms with Gasteiger partial charge in [-0.05, 0) is 0 Å². The van der Waals surface area contributed by atoms with Crippen molar-refractivity contribution in [2.45, 2.75) is 6.92 Å². The highest BCUT2D eigenvalue weighted by atomic mass is 16.2. The Morgan fingerprint density at radius 2 is 2.19 bits per heavy atom. The van der Waals surface area contributed by atoms with Gasteiger partial charge in [-0.1, -0.05) is 0 Å². The first kappa shape index (κ1) is 10.3. The maximum absolute atomic E-state index is 11.9. The summed E-state index contributed by atoms with van der Waals surface area (Å²) in [5.41, 5.74) is 0.226. The molecule has 0 saturated heterocycles. The van der Waals surface area contributed by atoms with Crippen molar-refractivity contribution in [2.24, 2.45) is 7.05 Å². The highest BCUT2D eigenvalue weighted by Crippen LogP contribution is 2.19. The Morgan fingerprint density at radius 1 is 1.50 bits per heavy atom. The number of aromatic nitrogens is 2. The number of nitrogens with zero attached hydrogens (tertiary/aromatic N) is 3. The normalized spacial score (nSPS) is 15.5. The molecule has 0 spiro atoms. The number of carbonyl (C=O) groups excluding carboxylic acids is 3. The number of fused-ring (bicyclic) bond motifs is 1. The average molecular weight is 222 g/mol. The molecule has 0 aliphatic carbocycles. The van der Waals surface area contributed by atoms with E-state index in [1.165, 1.54) is 17.8 Å². The largest absolute Gasteiger partial charge is 0.309 e. The summed E-state index contributed by atoms with van der Waals surface area (Å²) in [5.74, 6) is -1.06. The zero-order valence-corrected chi connectivity index (χ0v) is 8.85. The topological polar surface area (TPSA) is 84.3 Å². The molecule has 0 aromatic carbocycles. The zero-order valence-electron chi connectivity index (χ0n) is 8.85. The summed E-state index contributed by atoms with van der Waals surface area (Å²) in [6.07, 6.45) is 1.33. The zero-order chi connectivity index (χ0) is 11.9. The van der Waals surface area contributed by atoms with Crippen LogP contribution in [0.1, 0.15) is 17.3 Å². The predicted octanol–water partition coefficient (Wildman–Crippen LogP) is -0.639. The summed E-state index contributed by atoms with van der Waals surface area (Å²) in [6, 6.07) is 0. The van der Waals surface area contributed by atoms with Gasteiger partial charge in [-0.15, -0.1) is 0 Å². The van der Waals surface area contributed by atoms with E-state index in [9.17, 15) is 14.4 Å². The number of imide groups is 1. The molecule has 3 amide bonds. The van der Waals surface area contributed by atoms with E-state index in [1.54, 1.807) is 7.05 Å². The smallest absolute Gasteiger partial charge is 0.266 e. The van der Waals surface area contributed by atoms with Gasteiger partial charge < -0.3 is 5.32 Å². The van der Waals surface area contributed by atoms with Gasteiger partial charge in [-0.3, -0.25) is 24.0 Å². The van der Waals surface area contributed by atoms with Crippen molar-refractivity contribution in [1.29, 1.82) is 0 Å². The minimum absolute atomic E-state index is 0.226. The Balaban J connectivity index is 2.52. The summed E-state index contributed by atoms with van der Waals surface area (Å²) < 4.78 is 1.38. The van der Waals surface area contributed by atoms with Crippen LogP contribution in [-0.4, -0.2) is 38.9 Å². The molecule has 84 valence electrons. The van der Waals surface area contributed by atoms with Crippen LogP contribution in [0, 0.1) is 0 Å². The highest BCUT2D eigenvalue weighted by Gasteiger charge is 2.30. The Bertz CT molecular complexity index is 491. The van der Waals surface area contributed by atoms with Crippen molar-refractivity contribution in [1.82, 2.24) is 14.7 Å². The van der Waals surface area contributed by atoms with Gasteiger partial charge >= 0.3 is 0 Å². The van der Waals surface area contributed by atoms with Crippen LogP contribution in [0.15, 0.2) is 6.20 Å². The van der Waals surface area contributed by atoms with Crippen LogP contribution in [-0.2, 0) is 16.6 Å². The van der Waals surface area contributed by atoms with Crippen LogP contribution in [0.2, 0.25) is 0 Å². The molecule has 2 heterocycles. The molecule has 7 nitrogen and oxygen atoms in total. The monoisotopic (exact) mass is 222 g/mol. The second-order valence-corrected chi connectivity index (χ2v) is 3.49. The quantitative estimate of drug-likeness (QED) is 0.632. The Kier molecular flexibility index (Phi) is 2.22. The van der Waals surface area contributed by atoms with E-state index in [-0.39, 0.29) is 12.1 Å². The number of rotatable bonds is 0. The summed E-state index contributed by atoms with van der Waals surface area (Å²) >= 11 is 0. The van der Waals surface area contributed by atoms with E-state index in [0.29, 0.717) is 5.82 Å². The van der Waals surface area contributed by atoms with Crippen LogP contribution in [0.25, 0.3) is 0 Å². The number of nitrogens with one attached hydrogen (secondary N) is 1. The van der Waals surface area contributed by atoms with Gasteiger partial charge in [-0.2, -0.15) is 5.10 Å². The Labute approximate surface area is 91.0 Å². The molecular formula is C9H10N4O3. The molecule has 0 unspecified atom stereocenters. The van der Waals surface area contributed by atoms with Gasteiger partial charge in [0.1, 0.15) is 17.9 Å². The summed E-state index contributed by atoms with van der Waals surface area (Å²) in [4.78, 5) is 35.5. The Hall–Kier alpha value is -2.18. The molecule has 1 aromatic heterocycles. The van der Waals surface area contributed by atoms with E-state index in [4.69, 9.17) is 0 Å². The third-order valence-electron chi connectivity index (χ3n) is 2.35. The number of anilines is 1. The lowest BCUT2D eigenvalue weighted by molar-refractivity contribution is -0.130. The van der Waals surface area contributed by atoms with Gasteiger partial charge in [-0.25, -0.2) is 0 Å². The fourth-order valence-corrected chi connectivity index (χ4v) is 1.53. The van der Waals surface area contributed by atoms with Gasteiger partial charge in [0.15, 0.2) is 0 Å². The van der Waals surface area contributed by atoms with Crippen LogP contribution >= 0.6 is 0 Å². The molecule has 1 aliphatic heterocycles. The fourth-order valence-electron chi connectivity index (χ4n) is 1.53. The minimum atomic E-state index is -0.506. The number of carbonyl (C=O) groups is 3. The van der Waals surface area contributed by atoms with E-state index in [2.05, 4.69) is 10.4 Å². The predicted molar refractivity (Wildman–Crippen MR) is 53.6 cm³/mol. The maximum Gasteiger partial charge on any atom is 0.266 e. The molecule has 0 bridgehead atoms. The van der Waals surface area contributed by atoms with Crippen LogP contribution in [0.3, 0.4) is 0 Å². The molecule has 1 aromatic rings. The third-order valence-corrected chi connectivity index (χ3v) is 2.35. The molecule has 0 radical (unpaired) electrons. The highest BCUT2D eigenvalue weighted by molar-refractivity contribution is 6.13. The van der Waals surface area contributed by atoms with Crippen molar-refractivity contribution in [3.8, 4) is 0 Å². The lowest BCUT2D eigenvalue weighted by atomic mass is 10.3. The van der Waals surface area contributed by atoms with Crippen LogP contribution in [0.4, 0.5) is 5.82 Å². The average Bonchev–Trinajstić information content (AvgIpc) is 2.49. The minimum Gasteiger partial charge on any atom is -0.309 e. The van der Waals surface area contributed by atoms with Crippen molar-refractivity contribution < 1.29 is 14.4 Å². The standard InChI is InChI=1S/C9H10N4O3/c1-5(14)13-4-7(15)11-8-6(9(13)16)3-10-12(8)2/h3H,4H2,1-2H3,(H,11,15). The van der Waals surface area contributed by atoms with E-state index in [0.717, 1.165) is 4.90 Å². The molecule has 0 atom stereocenters. The first-order valence-electron chi connectivity index (χ1n) is 4.65. The summed E-state index contributed by atoms with van der Waals surface area (Å²) in [6.45, 7) is 0.982. The first-order chi connectivity index (χ1) is 7.50. The first-order valence-corrected chi connectivity index (χ1v) is 4.65. The van der Waals surface area contributed by atoms with Gasteiger partial charge in [0, 0.05) is 14.0 Å². The molecule has 16 heavy (non-hydrogen) atoms. The molecule has 1 N–H and O–H groups in total. The van der Waals surface area contributed by atoms with Crippen molar-refractivity contribution in [2.75, 3.05) is 11.9 Å². The molecule has 1 aliphatic rings. The van der Waals surface area contributed by atoms with E-state index < -0.39 is 17.7 Å². The lowest BCUT2D eigenvalue weighted by Gasteiger charge is -2.13. The molecule has 7 heteroatoms. The number of hydrogen-bond acceptors (Lipinski definition) is 4. The van der Waals surface area contributed by atoms with E-state index in [1.807, 2.05) is 0 Å². The van der Waals surface area contributed by atoms with Crippen LogP contribution < -0.4 is 5.32 Å². The number of aryl methyl sites for hydroxylation is 1. The van der Waals surface area contributed by atoms with Crippen molar-refractivity contribution in [3.05, 3.63) is 11.8 Å². The lowest BCUT2D eigenvalue weighted by Crippen LogP contribution is -2.38. The van der Waals surface area contributed by atoms with E-state index >= 15 is 0 Å². The maximum atomic E-state index is 11.9. The SMILES string of the molecule is CC(=O)N1CC(=O)Nc2c(cnn2C)C1=O. The molecule has 0 fully saturated rings. The number of amides is 3. The van der Waals surface area contributed by atoms with Gasteiger partial charge in [0.05, 0.1) is 6.20 Å².